The van der Waals surface area contributed by atoms with Gasteiger partial charge in [-0.2, -0.15) is 38.5 Å². The van der Waals surface area contributed by atoms with Crippen LogP contribution in [0.2, 0.25) is 0 Å². The number of rotatable bonds is 1. The van der Waals surface area contributed by atoms with Gasteiger partial charge in [-0.25, -0.2) is 0 Å². The zero-order valence-electron chi connectivity index (χ0n) is 15.9. The molecule has 0 aromatic heterocycles. The molecule has 0 saturated heterocycles. The van der Waals surface area contributed by atoms with Gasteiger partial charge in [0.15, 0.2) is 0 Å². The molecule has 6 radical (unpaired) electrons. The van der Waals surface area contributed by atoms with Gasteiger partial charge in [0.1, 0.15) is 0 Å². The molecule has 0 aromatic carbocycles. The van der Waals surface area contributed by atoms with E-state index in [1.807, 2.05) is 35.5 Å². The van der Waals surface area contributed by atoms with Crippen LogP contribution in [0, 0.1) is 46.3 Å². The van der Waals surface area contributed by atoms with Crippen LogP contribution >= 0.6 is 0 Å². The fourth-order valence-corrected chi connectivity index (χ4v) is 7.62. The van der Waals surface area contributed by atoms with E-state index >= 15 is 0 Å². The van der Waals surface area contributed by atoms with E-state index in [0.717, 1.165) is 0 Å². The van der Waals surface area contributed by atoms with Crippen molar-refractivity contribution in [3.05, 3.63) is 35.5 Å². The average molecular weight is 798 g/mol. The molecule has 0 amide bonds. The maximum Gasteiger partial charge on any atom is 0 e. The van der Waals surface area contributed by atoms with E-state index in [1.54, 1.807) is 0 Å². The molecule has 0 aliphatic heterocycles. The third-order valence-corrected chi connectivity index (χ3v) is 7.66. The molecule has 0 atom stereocenters. The van der Waals surface area contributed by atoms with Crippen molar-refractivity contribution in [2.45, 2.75) is 77.0 Å². The molecule has 128 valence electrons. The van der Waals surface area contributed by atoms with Crippen LogP contribution < -0.4 is 0 Å². The topological polar surface area (TPSA) is 0 Å². The van der Waals surface area contributed by atoms with E-state index in [1.165, 1.54) is 77.0 Å². The van der Waals surface area contributed by atoms with Gasteiger partial charge in [0.05, 0.1) is 0 Å². The summed E-state index contributed by atoms with van der Waals surface area (Å²) in [5.74, 6) is 11.6. The number of hydrogen-bond donors (Lipinski definition) is 0. The van der Waals surface area contributed by atoms with E-state index < -0.39 is 0 Å². The van der Waals surface area contributed by atoms with Crippen molar-refractivity contribution in [1.82, 2.24) is 0 Å². The fourth-order valence-electron chi connectivity index (χ4n) is 7.62. The molecule has 8 aliphatic rings. The van der Waals surface area contributed by atoms with Gasteiger partial charge < -0.3 is 74.0 Å². The second kappa shape index (κ2) is 12.5. The van der Waals surface area contributed by atoms with Crippen molar-refractivity contribution in [3.8, 4) is 0 Å². The Labute approximate surface area is 312 Å². The van der Waals surface area contributed by atoms with Crippen molar-refractivity contribution < 1.29 is 196 Å². The number of hydrogen-bond acceptors (Lipinski definition) is 0. The van der Waals surface area contributed by atoms with Crippen molar-refractivity contribution >= 4 is 0 Å². The molecule has 8 rings (SSSR count). The first-order chi connectivity index (χ1) is 9.72. The van der Waals surface area contributed by atoms with Crippen LogP contribution in [0.3, 0.4) is 0 Å². The summed E-state index contributed by atoms with van der Waals surface area (Å²) in [6.07, 6.45) is 17.6. The third kappa shape index (κ3) is 5.54. The van der Waals surface area contributed by atoms with Crippen molar-refractivity contribution in [1.29, 1.82) is 0 Å². The Balaban J connectivity index is 0.00000104. The molecule has 6 heteroatoms. The van der Waals surface area contributed by atoms with E-state index in [2.05, 4.69) is 0 Å². The Hall–Kier alpha value is 6.62. The standard InChI is InChI=1S/C20H24.6Y/c1-13-2-15-3-14(1)8-19(7-13,9-15)20-10-16-4-17(11-20)6-18(5-16)12-20;;;;;;/h1-12H2;;;;;;/q-6;;;;;;. The van der Waals surface area contributed by atoms with Gasteiger partial charge in [-0.3, -0.25) is 0 Å². The smallest absolute Gasteiger partial charge is 0 e. The molecule has 8 saturated carbocycles. The summed E-state index contributed by atoms with van der Waals surface area (Å²) in [7, 11) is 0. The zero-order valence-corrected chi connectivity index (χ0v) is 33.0. The summed E-state index contributed by atoms with van der Waals surface area (Å²) in [6.45, 7) is 0. The third-order valence-electron chi connectivity index (χ3n) is 7.66. The summed E-state index contributed by atoms with van der Waals surface area (Å²) < 4.78 is 0. The van der Waals surface area contributed by atoms with Gasteiger partial charge in [0, 0.05) is 196 Å². The molecular formula is C20H24Y6-6. The molecule has 0 aromatic rings. The quantitative estimate of drug-likeness (QED) is 0.323. The molecule has 8 aliphatic carbocycles. The monoisotopic (exact) mass is 798 g/mol. The largest absolute Gasteiger partial charge is 0.371 e. The van der Waals surface area contributed by atoms with Crippen molar-refractivity contribution in [3.63, 3.8) is 0 Å². The zero-order chi connectivity index (χ0) is 12.9. The minimum absolute atomic E-state index is 0. The summed E-state index contributed by atoms with van der Waals surface area (Å²) >= 11 is 0. The average Bonchev–Trinajstić information content (AvgIpc) is 2.35. The van der Waals surface area contributed by atoms with Gasteiger partial charge in [-0.15, -0.1) is 10.8 Å². The van der Waals surface area contributed by atoms with E-state index in [0.29, 0.717) is 10.8 Å². The van der Waals surface area contributed by atoms with Crippen LogP contribution in [-0.2, 0) is 196 Å². The molecule has 8 bridgehead atoms. The summed E-state index contributed by atoms with van der Waals surface area (Å²) in [5, 5.41) is 0. The molecule has 0 unspecified atom stereocenters. The van der Waals surface area contributed by atoms with Gasteiger partial charge in [0.2, 0.25) is 0 Å². The molecule has 8 fully saturated rings. The van der Waals surface area contributed by atoms with Crippen molar-refractivity contribution in [2.75, 3.05) is 0 Å². The van der Waals surface area contributed by atoms with E-state index in [9.17, 15) is 0 Å². The SMILES string of the molecule is C1[C-]2C[C-]3C[C-]1CC(C14C[C-]5C[C-](C[C-](C5)C1)C4)(C2)C3.[Y].[Y].[Y].[Y].[Y].[Y]. The maximum absolute atomic E-state index is 1.93. The Morgan fingerprint density at radius 2 is 0.462 bits per heavy atom. The first-order valence-corrected chi connectivity index (χ1v) is 8.74. The molecule has 26 heavy (non-hydrogen) atoms. The first-order valence-electron chi connectivity index (χ1n) is 8.74. The van der Waals surface area contributed by atoms with Gasteiger partial charge >= 0.3 is 0 Å². The Bertz CT molecular complexity index is 353. The Kier molecular flexibility index (Phi) is 15.7. The van der Waals surface area contributed by atoms with Gasteiger partial charge in [0.25, 0.3) is 0 Å². The van der Waals surface area contributed by atoms with Crippen LogP contribution in [0.1, 0.15) is 77.0 Å². The second-order valence-corrected chi connectivity index (χ2v) is 9.18. The minimum Gasteiger partial charge on any atom is -0.371 e. The second-order valence-electron chi connectivity index (χ2n) is 9.18. The summed E-state index contributed by atoms with van der Waals surface area (Å²) in [6, 6.07) is 0. The van der Waals surface area contributed by atoms with Crippen molar-refractivity contribution in [2.24, 2.45) is 10.8 Å². The molecule has 0 N–H and O–H groups in total. The molecule has 0 spiro atoms. The van der Waals surface area contributed by atoms with E-state index in [4.69, 9.17) is 0 Å². The van der Waals surface area contributed by atoms with Crippen LogP contribution in [0.15, 0.2) is 0 Å². The molecular weight excluding hydrogens is 774 g/mol. The molecule has 0 heterocycles. The van der Waals surface area contributed by atoms with E-state index in [-0.39, 0.29) is 196 Å². The fraction of sp³-hybridized carbons (Fsp3) is 0.700. The van der Waals surface area contributed by atoms with Gasteiger partial charge in [-0.05, 0) is 0 Å². The van der Waals surface area contributed by atoms with Crippen LogP contribution in [0.25, 0.3) is 0 Å². The Morgan fingerprint density at radius 3 is 0.615 bits per heavy atom. The summed E-state index contributed by atoms with van der Waals surface area (Å²) in [4.78, 5) is 0. The van der Waals surface area contributed by atoms with Crippen LogP contribution in [0.5, 0.6) is 0 Å². The minimum atomic E-state index is 0. The van der Waals surface area contributed by atoms with Gasteiger partial charge in [-0.1, -0.05) is 0 Å². The van der Waals surface area contributed by atoms with Crippen LogP contribution in [-0.4, -0.2) is 0 Å². The van der Waals surface area contributed by atoms with Crippen LogP contribution in [0.4, 0.5) is 0 Å². The normalized spacial score (nSPS) is 30.9. The first kappa shape index (κ1) is 32.6. The summed E-state index contributed by atoms with van der Waals surface area (Å²) in [5.41, 5.74) is 1.37. The predicted molar refractivity (Wildman–Crippen MR) is 79.7 cm³/mol. The molecule has 0 nitrogen and oxygen atoms in total. The maximum atomic E-state index is 1.93. The predicted octanol–water partition coefficient (Wildman–Crippen LogP) is 5.15. The Morgan fingerprint density at radius 1 is 0.308 bits per heavy atom.